The number of para-hydroxylation sites is 1. The van der Waals surface area contributed by atoms with Crippen molar-refractivity contribution < 1.29 is 4.79 Å². The zero-order valence-electron chi connectivity index (χ0n) is 11.0. The van der Waals surface area contributed by atoms with Crippen molar-refractivity contribution >= 4 is 16.7 Å². The number of aromatic amines is 1. The molecule has 0 amide bonds. The molecule has 0 saturated carbocycles. The van der Waals surface area contributed by atoms with E-state index in [0.29, 0.717) is 5.39 Å². The van der Waals surface area contributed by atoms with Gasteiger partial charge in [-0.1, -0.05) is 42.5 Å². The number of hydrogen-bond acceptors (Lipinski definition) is 2. The van der Waals surface area contributed by atoms with Crippen LogP contribution < -0.4 is 5.43 Å². The van der Waals surface area contributed by atoms with Gasteiger partial charge in [0.15, 0.2) is 11.2 Å². The predicted octanol–water partition coefficient (Wildman–Crippen LogP) is 3.40. The number of aromatic nitrogens is 1. The van der Waals surface area contributed by atoms with Crippen molar-refractivity contribution in [1.29, 1.82) is 0 Å². The summed E-state index contributed by atoms with van der Waals surface area (Å²) in [5.74, 6) is -0.224. The van der Waals surface area contributed by atoms with Crippen LogP contribution in [0.4, 0.5) is 0 Å². The van der Waals surface area contributed by atoms with E-state index in [-0.39, 0.29) is 16.8 Å². The van der Waals surface area contributed by atoms with E-state index in [2.05, 4.69) is 4.98 Å². The second kappa shape index (κ2) is 4.78. The molecule has 3 aromatic rings. The van der Waals surface area contributed by atoms with Crippen LogP contribution in [0.1, 0.15) is 17.3 Å². The lowest BCUT2D eigenvalue weighted by atomic mass is 10.0. The SMILES string of the molecule is CC(=O)c1c[nH]c2c(-c3ccccc3)cccc2c1=O. The van der Waals surface area contributed by atoms with E-state index in [4.69, 9.17) is 0 Å². The fourth-order valence-corrected chi connectivity index (χ4v) is 2.37. The Balaban J connectivity index is 2.35. The van der Waals surface area contributed by atoms with Crippen LogP contribution in [0.5, 0.6) is 0 Å². The summed E-state index contributed by atoms with van der Waals surface area (Å²) >= 11 is 0. The summed E-state index contributed by atoms with van der Waals surface area (Å²) < 4.78 is 0. The molecule has 1 heterocycles. The third kappa shape index (κ3) is 1.93. The first-order valence-electron chi connectivity index (χ1n) is 6.39. The summed E-state index contributed by atoms with van der Waals surface area (Å²) in [7, 11) is 0. The minimum Gasteiger partial charge on any atom is -0.360 e. The van der Waals surface area contributed by atoms with E-state index in [0.717, 1.165) is 16.6 Å². The van der Waals surface area contributed by atoms with Crippen molar-refractivity contribution in [2.45, 2.75) is 6.92 Å². The number of nitrogens with one attached hydrogen (secondary N) is 1. The Morgan fingerprint density at radius 2 is 1.75 bits per heavy atom. The number of Topliss-reactive ketones (excluding diaryl/α,β-unsaturated/α-hetero) is 1. The molecule has 0 radical (unpaired) electrons. The second-order valence-corrected chi connectivity index (χ2v) is 4.68. The van der Waals surface area contributed by atoms with Gasteiger partial charge in [-0.3, -0.25) is 9.59 Å². The van der Waals surface area contributed by atoms with E-state index in [1.165, 1.54) is 13.1 Å². The maximum atomic E-state index is 12.3. The average Bonchev–Trinajstić information content (AvgIpc) is 2.48. The Labute approximate surface area is 115 Å². The zero-order valence-corrected chi connectivity index (χ0v) is 11.0. The summed E-state index contributed by atoms with van der Waals surface area (Å²) in [5, 5.41) is 0.541. The highest BCUT2D eigenvalue weighted by atomic mass is 16.1. The molecule has 0 saturated heterocycles. The highest BCUT2D eigenvalue weighted by Gasteiger charge is 2.11. The van der Waals surface area contributed by atoms with Crippen molar-refractivity contribution in [2.24, 2.45) is 0 Å². The minimum atomic E-state index is -0.224. The molecule has 0 aliphatic rings. The Morgan fingerprint density at radius 1 is 1.00 bits per heavy atom. The summed E-state index contributed by atoms with van der Waals surface area (Å²) in [6.45, 7) is 1.40. The van der Waals surface area contributed by atoms with Gasteiger partial charge in [0.05, 0.1) is 11.1 Å². The van der Waals surface area contributed by atoms with Crippen molar-refractivity contribution in [3.05, 3.63) is 70.5 Å². The van der Waals surface area contributed by atoms with Gasteiger partial charge in [0, 0.05) is 17.1 Å². The number of H-pyrrole nitrogens is 1. The third-order valence-electron chi connectivity index (χ3n) is 3.38. The molecule has 0 bridgehead atoms. The lowest BCUT2D eigenvalue weighted by Gasteiger charge is -2.07. The van der Waals surface area contributed by atoms with Crippen molar-refractivity contribution in [2.75, 3.05) is 0 Å². The number of rotatable bonds is 2. The first-order valence-corrected chi connectivity index (χ1v) is 6.39. The van der Waals surface area contributed by atoms with Crippen LogP contribution in [0.25, 0.3) is 22.0 Å². The molecule has 3 rings (SSSR count). The molecule has 3 nitrogen and oxygen atoms in total. The number of ketones is 1. The Kier molecular flexibility index (Phi) is 2.95. The molecule has 0 spiro atoms. The van der Waals surface area contributed by atoms with Crippen molar-refractivity contribution in [1.82, 2.24) is 4.98 Å². The van der Waals surface area contributed by atoms with Gasteiger partial charge in [-0.15, -0.1) is 0 Å². The van der Waals surface area contributed by atoms with Crippen LogP contribution in [-0.2, 0) is 0 Å². The predicted molar refractivity (Wildman–Crippen MR) is 80.0 cm³/mol. The Hall–Kier alpha value is -2.68. The van der Waals surface area contributed by atoms with E-state index >= 15 is 0 Å². The molecule has 1 N–H and O–H groups in total. The summed E-state index contributed by atoms with van der Waals surface area (Å²) in [4.78, 5) is 26.8. The highest BCUT2D eigenvalue weighted by Crippen LogP contribution is 2.25. The molecular formula is C17H13NO2. The van der Waals surface area contributed by atoms with Gasteiger partial charge in [0.25, 0.3) is 0 Å². The summed E-state index contributed by atoms with van der Waals surface area (Å²) in [6, 6.07) is 15.4. The Bertz CT molecular complexity index is 848. The topological polar surface area (TPSA) is 49.9 Å². The second-order valence-electron chi connectivity index (χ2n) is 4.68. The normalized spacial score (nSPS) is 10.7. The van der Waals surface area contributed by atoms with E-state index in [1.54, 1.807) is 6.07 Å². The van der Waals surface area contributed by atoms with Crippen molar-refractivity contribution in [3.63, 3.8) is 0 Å². The maximum Gasteiger partial charge on any atom is 0.200 e. The maximum absolute atomic E-state index is 12.3. The standard InChI is InChI=1S/C17H13NO2/c1-11(19)15-10-18-16-13(12-6-3-2-4-7-12)8-5-9-14(16)17(15)20/h2-10H,1H3,(H,18,20). The fourth-order valence-electron chi connectivity index (χ4n) is 2.37. The number of pyridine rings is 1. The largest absolute Gasteiger partial charge is 0.360 e. The number of carbonyl (C=O) groups is 1. The van der Waals surface area contributed by atoms with Gasteiger partial charge in [0.2, 0.25) is 0 Å². The van der Waals surface area contributed by atoms with Crippen LogP contribution in [0.15, 0.2) is 59.5 Å². The average molecular weight is 263 g/mol. The van der Waals surface area contributed by atoms with Crippen LogP contribution >= 0.6 is 0 Å². The molecule has 0 fully saturated rings. The number of carbonyl (C=O) groups excluding carboxylic acids is 1. The molecule has 0 aliphatic heterocycles. The third-order valence-corrected chi connectivity index (χ3v) is 3.38. The molecular weight excluding hydrogens is 250 g/mol. The molecule has 1 aromatic heterocycles. The van der Waals surface area contributed by atoms with Gasteiger partial charge >= 0.3 is 0 Å². The quantitative estimate of drug-likeness (QED) is 0.720. The first kappa shape index (κ1) is 12.4. The first-order chi connectivity index (χ1) is 9.68. The number of hydrogen-bond donors (Lipinski definition) is 1. The monoisotopic (exact) mass is 263 g/mol. The smallest absolute Gasteiger partial charge is 0.200 e. The van der Waals surface area contributed by atoms with Gasteiger partial charge < -0.3 is 4.98 Å². The number of benzene rings is 2. The molecule has 3 heteroatoms. The summed E-state index contributed by atoms with van der Waals surface area (Å²) in [6.07, 6.45) is 1.50. The lowest BCUT2D eigenvalue weighted by molar-refractivity contribution is 0.101. The van der Waals surface area contributed by atoms with E-state index < -0.39 is 0 Å². The molecule has 0 unspecified atom stereocenters. The van der Waals surface area contributed by atoms with Gasteiger partial charge in [-0.05, 0) is 18.6 Å². The summed E-state index contributed by atoms with van der Waals surface area (Å²) in [5.41, 5.74) is 2.72. The molecule has 2 aromatic carbocycles. The van der Waals surface area contributed by atoms with Crippen LogP contribution in [0.2, 0.25) is 0 Å². The highest BCUT2D eigenvalue weighted by molar-refractivity contribution is 6.00. The Morgan fingerprint density at radius 3 is 2.45 bits per heavy atom. The van der Waals surface area contributed by atoms with E-state index in [1.807, 2.05) is 42.5 Å². The van der Waals surface area contributed by atoms with Crippen LogP contribution in [0, 0.1) is 0 Å². The zero-order chi connectivity index (χ0) is 14.1. The van der Waals surface area contributed by atoms with Crippen LogP contribution in [-0.4, -0.2) is 10.8 Å². The fraction of sp³-hybridized carbons (Fsp3) is 0.0588. The van der Waals surface area contributed by atoms with Crippen molar-refractivity contribution in [3.8, 4) is 11.1 Å². The molecule has 0 atom stereocenters. The molecule has 0 aliphatic carbocycles. The van der Waals surface area contributed by atoms with Gasteiger partial charge in [-0.2, -0.15) is 0 Å². The van der Waals surface area contributed by atoms with Gasteiger partial charge in [0.1, 0.15) is 0 Å². The number of fused-ring (bicyclic) bond motifs is 1. The lowest BCUT2D eigenvalue weighted by Crippen LogP contribution is -2.13. The van der Waals surface area contributed by atoms with E-state index in [9.17, 15) is 9.59 Å². The van der Waals surface area contributed by atoms with Gasteiger partial charge in [-0.25, -0.2) is 0 Å². The molecule has 20 heavy (non-hydrogen) atoms. The minimum absolute atomic E-state index is 0.197. The molecule has 98 valence electrons. The van der Waals surface area contributed by atoms with Crippen LogP contribution in [0.3, 0.4) is 0 Å².